The Bertz CT molecular complexity index is 1230. The number of hydrogen-bond donors (Lipinski definition) is 1. The average Bonchev–Trinajstić information content (AvgIpc) is 2.84. The number of carboxylic acids is 1. The molecule has 172 valence electrons. The number of hydrogen-bond acceptors (Lipinski definition) is 2. The molecule has 0 heterocycles. The third kappa shape index (κ3) is 5.24. The lowest BCUT2D eigenvalue weighted by Gasteiger charge is -2.25. The number of aromatic carboxylic acids is 1. The van der Waals surface area contributed by atoms with E-state index >= 15 is 0 Å². The van der Waals surface area contributed by atoms with Crippen LogP contribution >= 0.6 is 0 Å². The molecule has 1 N–H and O–H groups in total. The largest absolute Gasteiger partial charge is 0.478 e. The van der Waals surface area contributed by atoms with Crippen LogP contribution in [-0.4, -0.2) is 17.2 Å². The molecule has 0 aliphatic carbocycles. The van der Waals surface area contributed by atoms with E-state index in [2.05, 4.69) is 31.2 Å². The fourth-order valence-electron chi connectivity index (χ4n) is 4.37. The molecule has 1 unspecified atom stereocenters. The van der Waals surface area contributed by atoms with Gasteiger partial charge < -0.3 is 9.84 Å². The summed E-state index contributed by atoms with van der Waals surface area (Å²) in [5, 5.41) is 9.05. The Kier molecular flexibility index (Phi) is 7.19. The van der Waals surface area contributed by atoms with Gasteiger partial charge in [0, 0.05) is 5.92 Å². The fourth-order valence-corrected chi connectivity index (χ4v) is 4.37. The first-order valence-corrected chi connectivity index (χ1v) is 11.3. The summed E-state index contributed by atoms with van der Waals surface area (Å²) in [5.74, 6) is -1.90. The van der Waals surface area contributed by atoms with Crippen molar-refractivity contribution in [2.75, 3.05) is 0 Å². The van der Waals surface area contributed by atoms with E-state index < -0.39 is 11.8 Å². The van der Waals surface area contributed by atoms with Crippen molar-refractivity contribution < 1.29 is 19.0 Å². The van der Waals surface area contributed by atoms with E-state index in [0.717, 1.165) is 16.7 Å². The second-order valence-corrected chi connectivity index (χ2v) is 8.46. The van der Waals surface area contributed by atoms with Crippen molar-refractivity contribution in [2.24, 2.45) is 0 Å². The van der Waals surface area contributed by atoms with Gasteiger partial charge in [-0.15, -0.1) is 0 Å². The van der Waals surface area contributed by atoms with Crippen molar-refractivity contribution in [1.29, 1.82) is 0 Å². The minimum atomic E-state index is -1.27. The Hall–Kier alpha value is -3.76. The van der Waals surface area contributed by atoms with Gasteiger partial charge in [-0.25, -0.2) is 9.18 Å². The summed E-state index contributed by atoms with van der Waals surface area (Å²) in [4.78, 5) is 11.1. The lowest BCUT2D eigenvalue weighted by atomic mass is 9.87. The molecule has 0 amide bonds. The minimum absolute atomic E-state index is 0.0533. The van der Waals surface area contributed by atoms with Crippen LogP contribution in [0.4, 0.5) is 4.39 Å². The number of ether oxygens (including phenoxy) is 1. The number of halogens is 1. The van der Waals surface area contributed by atoms with Crippen LogP contribution in [0.5, 0.6) is 0 Å². The molecule has 4 rings (SSSR count). The molecular weight excluding hydrogens is 427 g/mol. The molecule has 4 aromatic rings. The van der Waals surface area contributed by atoms with Crippen molar-refractivity contribution in [3.8, 4) is 11.1 Å². The van der Waals surface area contributed by atoms with Gasteiger partial charge in [0.2, 0.25) is 0 Å². The smallest absolute Gasteiger partial charge is 0.338 e. The van der Waals surface area contributed by atoms with Gasteiger partial charge in [0.1, 0.15) is 5.82 Å². The standard InChI is InChI=1S/C30H27FO3/c1-20-17-22(13-15-26(20)25-14-16-27(30(32)33)28(31)18-25)19-34-21(2)29(23-9-5-3-6-10-23)24-11-7-4-8-12-24/h3-18,21,29H,19H2,1-2H3,(H,32,33). The normalized spacial score (nSPS) is 12.0. The highest BCUT2D eigenvalue weighted by Crippen LogP contribution is 2.31. The molecule has 4 heteroatoms. The molecule has 0 aliphatic rings. The first-order chi connectivity index (χ1) is 16.4. The van der Waals surface area contributed by atoms with Crippen molar-refractivity contribution in [2.45, 2.75) is 32.5 Å². The van der Waals surface area contributed by atoms with Crippen LogP contribution in [0.25, 0.3) is 11.1 Å². The Labute approximate surface area is 199 Å². The third-order valence-electron chi connectivity index (χ3n) is 6.10. The summed E-state index contributed by atoms with van der Waals surface area (Å²) in [6.45, 7) is 4.51. The van der Waals surface area contributed by atoms with Gasteiger partial charge in [-0.1, -0.05) is 84.9 Å². The van der Waals surface area contributed by atoms with Crippen molar-refractivity contribution in [3.05, 3.63) is 131 Å². The predicted molar refractivity (Wildman–Crippen MR) is 133 cm³/mol. The van der Waals surface area contributed by atoms with Crippen LogP contribution in [0.15, 0.2) is 97.1 Å². The topological polar surface area (TPSA) is 46.5 Å². The molecule has 4 aromatic carbocycles. The first kappa shape index (κ1) is 23.4. The maximum Gasteiger partial charge on any atom is 0.338 e. The van der Waals surface area contributed by atoms with E-state index in [1.54, 1.807) is 6.07 Å². The van der Waals surface area contributed by atoms with Gasteiger partial charge in [-0.3, -0.25) is 0 Å². The molecule has 0 aromatic heterocycles. The number of carbonyl (C=O) groups is 1. The van der Waals surface area contributed by atoms with Gasteiger partial charge in [-0.2, -0.15) is 0 Å². The number of benzene rings is 4. The van der Waals surface area contributed by atoms with E-state index in [1.807, 2.05) is 61.5 Å². The SMILES string of the molecule is Cc1cc(COC(C)C(c2ccccc2)c2ccccc2)ccc1-c1ccc(C(=O)O)c(F)c1. The molecule has 1 atom stereocenters. The Balaban J connectivity index is 1.51. The van der Waals surface area contributed by atoms with Gasteiger partial charge in [0.05, 0.1) is 18.3 Å². The number of aryl methyl sites for hydroxylation is 1. The van der Waals surface area contributed by atoms with E-state index in [1.165, 1.54) is 23.3 Å². The van der Waals surface area contributed by atoms with Gasteiger partial charge >= 0.3 is 5.97 Å². The summed E-state index contributed by atoms with van der Waals surface area (Å²) in [5.41, 5.74) is 5.59. The second-order valence-electron chi connectivity index (χ2n) is 8.46. The molecule has 3 nitrogen and oxygen atoms in total. The molecular formula is C30H27FO3. The van der Waals surface area contributed by atoms with Gasteiger partial charge in [0.25, 0.3) is 0 Å². The first-order valence-electron chi connectivity index (χ1n) is 11.3. The van der Waals surface area contributed by atoms with E-state index in [-0.39, 0.29) is 17.6 Å². The van der Waals surface area contributed by atoms with Crippen LogP contribution in [0, 0.1) is 12.7 Å². The highest BCUT2D eigenvalue weighted by Gasteiger charge is 2.22. The zero-order chi connectivity index (χ0) is 24.1. The van der Waals surface area contributed by atoms with Crippen LogP contribution in [0.1, 0.15) is 45.5 Å². The summed E-state index contributed by atoms with van der Waals surface area (Å²) < 4.78 is 20.5. The van der Waals surface area contributed by atoms with Crippen molar-refractivity contribution in [1.82, 2.24) is 0 Å². The zero-order valence-corrected chi connectivity index (χ0v) is 19.2. The van der Waals surface area contributed by atoms with Gasteiger partial charge in [-0.05, 0) is 59.4 Å². The highest BCUT2D eigenvalue weighted by atomic mass is 19.1. The van der Waals surface area contributed by atoms with Crippen LogP contribution in [-0.2, 0) is 11.3 Å². The maximum atomic E-state index is 14.2. The monoisotopic (exact) mass is 454 g/mol. The molecule has 0 fully saturated rings. The zero-order valence-electron chi connectivity index (χ0n) is 19.2. The molecule has 0 bridgehead atoms. The quantitative estimate of drug-likeness (QED) is 0.305. The summed E-state index contributed by atoms with van der Waals surface area (Å²) in [7, 11) is 0. The summed E-state index contributed by atoms with van der Waals surface area (Å²) in [6, 6.07) is 30.9. The molecule has 0 saturated heterocycles. The van der Waals surface area contributed by atoms with Crippen LogP contribution in [0.2, 0.25) is 0 Å². The van der Waals surface area contributed by atoms with E-state index in [9.17, 15) is 9.18 Å². The number of rotatable bonds is 8. The Morgan fingerprint density at radius 1 is 0.882 bits per heavy atom. The van der Waals surface area contributed by atoms with Crippen molar-refractivity contribution >= 4 is 5.97 Å². The van der Waals surface area contributed by atoms with E-state index in [4.69, 9.17) is 9.84 Å². The second kappa shape index (κ2) is 10.4. The highest BCUT2D eigenvalue weighted by molar-refractivity contribution is 5.88. The average molecular weight is 455 g/mol. The van der Waals surface area contributed by atoms with Crippen LogP contribution < -0.4 is 0 Å². The third-order valence-corrected chi connectivity index (χ3v) is 6.10. The predicted octanol–water partition coefficient (Wildman–Crippen LogP) is 7.24. The van der Waals surface area contributed by atoms with Gasteiger partial charge in [0.15, 0.2) is 0 Å². The summed E-state index contributed by atoms with van der Waals surface area (Å²) in [6.07, 6.45) is -0.0533. The van der Waals surface area contributed by atoms with E-state index in [0.29, 0.717) is 12.2 Å². The maximum absolute atomic E-state index is 14.2. The lowest BCUT2D eigenvalue weighted by Crippen LogP contribution is -2.20. The molecule has 0 saturated carbocycles. The Morgan fingerprint density at radius 3 is 2.03 bits per heavy atom. The fraction of sp³-hybridized carbons (Fsp3) is 0.167. The summed E-state index contributed by atoms with van der Waals surface area (Å²) >= 11 is 0. The molecule has 0 aliphatic heterocycles. The molecule has 34 heavy (non-hydrogen) atoms. The Morgan fingerprint density at radius 2 is 1.50 bits per heavy atom. The number of carboxylic acid groups (broad SMARTS) is 1. The van der Waals surface area contributed by atoms with Crippen molar-refractivity contribution in [3.63, 3.8) is 0 Å². The molecule has 0 spiro atoms. The minimum Gasteiger partial charge on any atom is -0.478 e. The molecule has 0 radical (unpaired) electrons. The van der Waals surface area contributed by atoms with Crippen LogP contribution in [0.3, 0.4) is 0 Å². The lowest BCUT2D eigenvalue weighted by molar-refractivity contribution is 0.0425.